The molecule has 2 aliphatic heterocycles. The van der Waals surface area contributed by atoms with Gasteiger partial charge in [0.15, 0.2) is 0 Å². The van der Waals surface area contributed by atoms with Gasteiger partial charge in [0.1, 0.15) is 11.2 Å². The van der Waals surface area contributed by atoms with Crippen LogP contribution in [0.2, 0.25) is 0 Å². The van der Waals surface area contributed by atoms with Crippen LogP contribution in [0.25, 0.3) is 0 Å². The van der Waals surface area contributed by atoms with Crippen molar-refractivity contribution < 1.29 is 24.0 Å². The van der Waals surface area contributed by atoms with Crippen molar-refractivity contribution in [3.63, 3.8) is 0 Å². The van der Waals surface area contributed by atoms with Crippen LogP contribution in [0.5, 0.6) is 0 Å². The average molecular weight is 452 g/mol. The molecular formula is C22H20N4O5S. The molecule has 10 heteroatoms. The normalized spacial score (nSPS) is 20.1. The molecule has 2 N–H and O–H groups in total. The molecule has 1 fully saturated rings. The van der Waals surface area contributed by atoms with Crippen LogP contribution in [0.3, 0.4) is 0 Å². The molecular weight excluding hydrogens is 432 g/mol. The fourth-order valence-electron chi connectivity index (χ4n) is 3.77. The fraction of sp³-hybridized carbons (Fsp3) is 0.273. The number of amides is 5. The van der Waals surface area contributed by atoms with Crippen LogP contribution >= 0.6 is 11.8 Å². The van der Waals surface area contributed by atoms with Crippen LogP contribution in [-0.4, -0.2) is 51.2 Å². The number of hydrogen-bond acceptors (Lipinski definition) is 7. The number of nitrogens with one attached hydrogen (secondary N) is 2. The minimum Gasteiger partial charge on any atom is -0.320 e. The number of pyridine rings is 1. The molecule has 1 unspecified atom stereocenters. The van der Waals surface area contributed by atoms with E-state index < -0.39 is 29.2 Å². The van der Waals surface area contributed by atoms with Crippen molar-refractivity contribution in [2.24, 2.45) is 0 Å². The predicted molar refractivity (Wildman–Crippen MR) is 115 cm³/mol. The van der Waals surface area contributed by atoms with E-state index in [1.165, 1.54) is 34.9 Å². The first-order chi connectivity index (χ1) is 15.2. The molecule has 3 heterocycles. The molecule has 1 aromatic carbocycles. The van der Waals surface area contributed by atoms with Gasteiger partial charge in [0.05, 0.1) is 0 Å². The van der Waals surface area contributed by atoms with Gasteiger partial charge in [0.2, 0.25) is 5.91 Å². The monoisotopic (exact) mass is 452 g/mol. The molecule has 0 saturated carbocycles. The highest BCUT2D eigenvalue weighted by molar-refractivity contribution is 7.98. The summed E-state index contributed by atoms with van der Waals surface area (Å²) < 4.78 is 0. The lowest BCUT2D eigenvalue weighted by Gasteiger charge is -2.39. The summed E-state index contributed by atoms with van der Waals surface area (Å²) in [6.45, 7) is 1.82. The predicted octanol–water partition coefficient (Wildman–Crippen LogP) is 1.52. The molecule has 4 rings (SSSR count). The minimum atomic E-state index is -1.16. The minimum absolute atomic E-state index is 0.102. The second-order valence-electron chi connectivity index (χ2n) is 7.78. The van der Waals surface area contributed by atoms with E-state index in [2.05, 4.69) is 15.6 Å². The van der Waals surface area contributed by atoms with Crippen molar-refractivity contribution in [1.82, 2.24) is 20.5 Å². The Kier molecular flexibility index (Phi) is 5.55. The highest BCUT2D eigenvalue weighted by atomic mass is 32.2. The van der Waals surface area contributed by atoms with E-state index in [-0.39, 0.29) is 36.6 Å². The zero-order valence-electron chi connectivity index (χ0n) is 17.4. The van der Waals surface area contributed by atoms with Crippen molar-refractivity contribution in [3.05, 3.63) is 58.9 Å². The molecule has 5 amide bonds. The Labute approximate surface area is 188 Å². The maximum absolute atomic E-state index is 13.1. The lowest BCUT2D eigenvalue weighted by Crippen LogP contribution is -2.61. The summed E-state index contributed by atoms with van der Waals surface area (Å²) in [6.07, 6.45) is 3.80. The molecule has 0 bridgehead atoms. The third-order valence-corrected chi connectivity index (χ3v) is 6.50. The Morgan fingerprint density at radius 3 is 2.59 bits per heavy atom. The Hall–Kier alpha value is -3.53. The van der Waals surface area contributed by atoms with E-state index in [0.717, 1.165) is 4.90 Å². The quantitative estimate of drug-likeness (QED) is 0.532. The summed E-state index contributed by atoms with van der Waals surface area (Å²) in [6, 6.07) is 7.83. The summed E-state index contributed by atoms with van der Waals surface area (Å²) in [4.78, 5) is 68.3. The average Bonchev–Trinajstić information content (AvgIpc) is 3.13. The number of aromatic nitrogens is 1. The van der Waals surface area contributed by atoms with Gasteiger partial charge in [-0.1, -0.05) is 6.07 Å². The maximum atomic E-state index is 13.1. The van der Waals surface area contributed by atoms with E-state index in [9.17, 15) is 24.0 Å². The number of hydrogen-bond donors (Lipinski definition) is 2. The summed E-state index contributed by atoms with van der Waals surface area (Å²) in [5, 5.41) is 4.56. The number of piperidine rings is 1. The molecule has 0 aliphatic carbocycles. The fourth-order valence-corrected chi connectivity index (χ4v) is 4.13. The van der Waals surface area contributed by atoms with E-state index >= 15 is 0 Å². The largest absolute Gasteiger partial charge is 0.320 e. The van der Waals surface area contributed by atoms with Crippen molar-refractivity contribution in [2.45, 2.75) is 36.7 Å². The number of carbonyl (C=O) groups excluding carboxylic acids is 5. The van der Waals surface area contributed by atoms with E-state index in [0.29, 0.717) is 11.1 Å². The number of benzene rings is 1. The first kappa shape index (κ1) is 21.7. The maximum Gasteiger partial charge on any atom is 0.276 e. The van der Waals surface area contributed by atoms with Crippen LogP contribution in [-0.2, 0) is 16.1 Å². The molecule has 32 heavy (non-hydrogen) atoms. The molecule has 164 valence electrons. The number of rotatable bonds is 4. The number of imide groups is 2. The third kappa shape index (κ3) is 3.77. The molecule has 1 aromatic heterocycles. The second-order valence-corrected chi connectivity index (χ2v) is 8.66. The summed E-state index contributed by atoms with van der Waals surface area (Å²) in [7, 11) is 0. The van der Waals surface area contributed by atoms with E-state index in [1.54, 1.807) is 25.3 Å². The van der Waals surface area contributed by atoms with Crippen molar-refractivity contribution in [1.29, 1.82) is 0 Å². The summed E-state index contributed by atoms with van der Waals surface area (Å²) >= 11 is 1.48. The van der Waals surface area contributed by atoms with Gasteiger partial charge in [0, 0.05) is 35.2 Å². The van der Waals surface area contributed by atoms with Crippen LogP contribution < -0.4 is 10.6 Å². The molecule has 0 spiro atoms. The highest BCUT2D eigenvalue weighted by Gasteiger charge is 2.48. The van der Waals surface area contributed by atoms with Crippen LogP contribution in [0, 0.1) is 0 Å². The van der Waals surface area contributed by atoms with Gasteiger partial charge in [-0.2, -0.15) is 0 Å². The molecule has 0 radical (unpaired) electrons. The SMILES string of the molecule is CSc1ccc(C(=O)NC(=O)c2ccc3c(c2)C(=O)N(C2(C)CCC(=O)NC2=O)C3)nc1. The van der Waals surface area contributed by atoms with Gasteiger partial charge in [-0.05, 0) is 49.4 Å². The molecule has 2 aliphatic rings. The second kappa shape index (κ2) is 8.19. The molecule has 1 atom stereocenters. The van der Waals surface area contributed by atoms with Gasteiger partial charge in [-0.15, -0.1) is 11.8 Å². The lowest BCUT2D eigenvalue weighted by molar-refractivity contribution is -0.142. The van der Waals surface area contributed by atoms with E-state index in [4.69, 9.17) is 0 Å². The number of carbonyl (C=O) groups is 5. The first-order valence-corrected chi connectivity index (χ1v) is 11.1. The van der Waals surface area contributed by atoms with Crippen molar-refractivity contribution >= 4 is 41.3 Å². The Morgan fingerprint density at radius 2 is 1.94 bits per heavy atom. The van der Waals surface area contributed by atoms with Gasteiger partial charge < -0.3 is 4.90 Å². The number of nitrogens with zero attached hydrogens (tertiary/aromatic N) is 2. The molecule has 9 nitrogen and oxygen atoms in total. The topological polar surface area (TPSA) is 126 Å². The standard InChI is InChI=1S/C22H20N4O5S/c1-22(8-7-17(27)24-21(22)31)26-11-13-4-3-12(9-15(13)20(26)30)18(28)25-19(29)16-6-5-14(32-2)10-23-16/h3-6,9-10H,7-8,11H2,1-2H3,(H,24,27,31)(H,25,28,29). The van der Waals surface area contributed by atoms with Crippen molar-refractivity contribution in [3.8, 4) is 0 Å². The van der Waals surface area contributed by atoms with Gasteiger partial charge >= 0.3 is 0 Å². The molecule has 1 saturated heterocycles. The number of fused-ring (bicyclic) bond motifs is 1. The van der Waals surface area contributed by atoms with Crippen LogP contribution in [0.15, 0.2) is 41.4 Å². The Bertz CT molecular complexity index is 1160. The summed E-state index contributed by atoms with van der Waals surface area (Å²) in [5.41, 5.74) is 0.0418. The Balaban J connectivity index is 1.51. The van der Waals surface area contributed by atoms with Gasteiger partial charge in [-0.25, -0.2) is 4.98 Å². The summed E-state index contributed by atoms with van der Waals surface area (Å²) in [5.74, 6) is -2.59. The lowest BCUT2D eigenvalue weighted by atomic mass is 9.89. The van der Waals surface area contributed by atoms with E-state index in [1.807, 2.05) is 6.26 Å². The number of thioether (sulfide) groups is 1. The van der Waals surface area contributed by atoms with Crippen molar-refractivity contribution in [2.75, 3.05) is 6.26 Å². The Morgan fingerprint density at radius 1 is 1.16 bits per heavy atom. The van der Waals surface area contributed by atoms with Crippen LogP contribution in [0.1, 0.15) is 56.5 Å². The zero-order chi connectivity index (χ0) is 23.0. The van der Waals surface area contributed by atoms with Gasteiger partial charge in [-0.3, -0.25) is 34.6 Å². The zero-order valence-corrected chi connectivity index (χ0v) is 18.2. The molecule has 2 aromatic rings. The first-order valence-electron chi connectivity index (χ1n) is 9.88. The van der Waals surface area contributed by atoms with Crippen LogP contribution in [0.4, 0.5) is 0 Å². The smallest absolute Gasteiger partial charge is 0.276 e. The van der Waals surface area contributed by atoms with Gasteiger partial charge in [0.25, 0.3) is 23.6 Å². The third-order valence-electron chi connectivity index (χ3n) is 5.78. The highest BCUT2D eigenvalue weighted by Crippen LogP contribution is 2.34.